The van der Waals surface area contributed by atoms with Crippen LogP contribution in [0.4, 0.5) is 0 Å². The quantitative estimate of drug-likeness (QED) is 0.538. The van der Waals surface area contributed by atoms with Crippen molar-refractivity contribution in [2.75, 3.05) is 12.3 Å². The van der Waals surface area contributed by atoms with E-state index >= 15 is 0 Å². The lowest BCUT2D eigenvalue weighted by Crippen LogP contribution is -2.45. The molecule has 1 N–H and O–H groups in total. The summed E-state index contributed by atoms with van der Waals surface area (Å²) >= 11 is 1.44. The molecule has 1 aliphatic heterocycles. The van der Waals surface area contributed by atoms with Crippen LogP contribution in [0.15, 0.2) is 34.5 Å². The third-order valence-electron chi connectivity index (χ3n) is 5.22. The molecule has 3 atom stereocenters. The summed E-state index contributed by atoms with van der Waals surface area (Å²) in [6.45, 7) is 3.50. The first kappa shape index (κ1) is 21.5. The summed E-state index contributed by atoms with van der Waals surface area (Å²) in [4.78, 5) is 38.6. The van der Waals surface area contributed by atoms with Gasteiger partial charge >= 0.3 is 5.97 Å². The minimum absolute atomic E-state index is 0.240. The summed E-state index contributed by atoms with van der Waals surface area (Å²) in [5.74, 6) is -0.122. The molecule has 0 saturated carbocycles. The average Bonchev–Trinajstić information content (AvgIpc) is 3.38. The topological polar surface area (TPSA) is 88.8 Å². The van der Waals surface area contributed by atoms with Gasteiger partial charge in [0, 0.05) is 19.2 Å². The third kappa shape index (κ3) is 5.44. The fourth-order valence-corrected chi connectivity index (χ4v) is 5.07. The molecular formula is C21H28N2O5S. The Morgan fingerprint density at radius 1 is 1.38 bits per heavy atom. The highest BCUT2D eigenvalue weighted by atomic mass is 32.2. The van der Waals surface area contributed by atoms with E-state index in [1.807, 2.05) is 0 Å². The molecule has 8 heteroatoms. The van der Waals surface area contributed by atoms with Crippen molar-refractivity contribution in [3.63, 3.8) is 0 Å². The highest BCUT2D eigenvalue weighted by molar-refractivity contribution is 7.99. The fraction of sp³-hybridized carbons (Fsp3) is 0.571. The Morgan fingerprint density at radius 3 is 2.86 bits per heavy atom. The van der Waals surface area contributed by atoms with Crippen LogP contribution in [0.3, 0.4) is 0 Å². The van der Waals surface area contributed by atoms with Gasteiger partial charge in [0.05, 0.1) is 6.26 Å². The van der Waals surface area contributed by atoms with Gasteiger partial charge in [-0.3, -0.25) is 9.59 Å². The number of furan rings is 1. The predicted octanol–water partition coefficient (Wildman–Crippen LogP) is 3.18. The van der Waals surface area contributed by atoms with Crippen LogP contribution in [-0.2, 0) is 19.1 Å². The molecule has 0 unspecified atom stereocenters. The summed E-state index contributed by atoms with van der Waals surface area (Å²) in [6.07, 6.45) is 8.36. The lowest BCUT2D eigenvalue weighted by Gasteiger charge is -2.26. The smallest absolute Gasteiger partial charge is 0.330 e. The lowest BCUT2D eigenvalue weighted by molar-refractivity contribution is -0.161. The molecule has 2 aliphatic rings. The van der Waals surface area contributed by atoms with Crippen LogP contribution in [0.25, 0.3) is 0 Å². The van der Waals surface area contributed by atoms with Gasteiger partial charge in [-0.1, -0.05) is 11.6 Å². The van der Waals surface area contributed by atoms with Crippen molar-refractivity contribution in [3.8, 4) is 0 Å². The number of hydrogen-bond donors (Lipinski definition) is 1. The van der Waals surface area contributed by atoms with E-state index in [4.69, 9.17) is 9.15 Å². The van der Waals surface area contributed by atoms with E-state index < -0.39 is 18.1 Å². The van der Waals surface area contributed by atoms with Crippen molar-refractivity contribution in [3.05, 3.63) is 35.8 Å². The second kappa shape index (κ2) is 10.0. The van der Waals surface area contributed by atoms with Crippen molar-refractivity contribution >= 4 is 29.5 Å². The highest BCUT2D eigenvalue weighted by Crippen LogP contribution is 2.41. The van der Waals surface area contributed by atoms with Gasteiger partial charge in [0.1, 0.15) is 17.2 Å². The van der Waals surface area contributed by atoms with Crippen LogP contribution in [-0.4, -0.2) is 47.1 Å². The molecule has 1 aromatic heterocycles. The third-order valence-corrected chi connectivity index (χ3v) is 6.50. The maximum Gasteiger partial charge on any atom is 0.330 e. The SMILES string of the molecule is CC(=O)N1[C@@H](C(=O)O[C@H](C)C(=O)NCCC2=CCCCC2)CS[C@@H]1c1ccco1. The van der Waals surface area contributed by atoms with Crippen LogP contribution < -0.4 is 5.32 Å². The Morgan fingerprint density at radius 2 is 2.21 bits per heavy atom. The highest BCUT2D eigenvalue weighted by Gasteiger charge is 2.43. The molecule has 3 rings (SSSR count). The molecule has 1 aromatic rings. The van der Waals surface area contributed by atoms with E-state index in [1.165, 1.54) is 48.3 Å². The first-order valence-electron chi connectivity index (χ1n) is 10.1. The maximum absolute atomic E-state index is 12.7. The normalized spacial score (nSPS) is 22.7. The summed E-state index contributed by atoms with van der Waals surface area (Å²) in [7, 11) is 0. The minimum Gasteiger partial charge on any atom is -0.466 e. The Labute approximate surface area is 175 Å². The van der Waals surface area contributed by atoms with E-state index in [9.17, 15) is 14.4 Å². The average molecular weight is 421 g/mol. The Balaban J connectivity index is 1.51. The second-order valence-corrected chi connectivity index (χ2v) is 8.48. The summed E-state index contributed by atoms with van der Waals surface area (Å²) in [5.41, 5.74) is 1.38. The first-order valence-corrected chi connectivity index (χ1v) is 11.1. The van der Waals surface area contributed by atoms with Crippen LogP contribution >= 0.6 is 11.8 Å². The molecule has 1 saturated heterocycles. The molecule has 1 fully saturated rings. The number of thioether (sulfide) groups is 1. The predicted molar refractivity (Wildman–Crippen MR) is 110 cm³/mol. The molecule has 2 amide bonds. The van der Waals surface area contributed by atoms with E-state index in [0.29, 0.717) is 18.1 Å². The van der Waals surface area contributed by atoms with Crippen molar-refractivity contribution in [2.24, 2.45) is 0 Å². The number of nitrogens with one attached hydrogen (secondary N) is 1. The lowest BCUT2D eigenvalue weighted by atomic mass is 9.97. The summed E-state index contributed by atoms with van der Waals surface area (Å²) in [6, 6.07) is 2.78. The molecule has 0 bridgehead atoms. The standard InChI is InChI=1S/C21H28N2O5S/c1-14(19(25)22-11-10-16-7-4-3-5-8-16)28-21(26)17-13-29-20(23(17)15(2)24)18-9-6-12-27-18/h6-7,9,12,14,17,20H,3-5,8,10-11,13H2,1-2H3,(H,22,25)/t14-,17-,20-/m1/s1. The van der Waals surface area contributed by atoms with Gasteiger partial charge in [-0.15, -0.1) is 11.8 Å². The maximum atomic E-state index is 12.7. The largest absolute Gasteiger partial charge is 0.466 e. The minimum atomic E-state index is -0.913. The number of ether oxygens (including phenoxy) is 1. The number of allylic oxidation sites excluding steroid dienone is 1. The number of carbonyl (C=O) groups is 3. The van der Waals surface area contributed by atoms with Crippen molar-refractivity contribution in [1.82, 2.24) is 10.2 Å². The van der Waals surface area contributed by atoms with Gasteiger partial charge in [0.15, 0.2) is 6.10 Å². The number of amides is 2. The zero-order chi connectivity index (χ0) is 20.8. The van der Waals surface area contributed by atoms with Gasteiger partial charge < -0.3 is 19.4 Å². The number of carbonyl (C=O) groups excluding carboxylic acids is 3. The van der Waals surface area contributed by atoms with Gasteiger partial charge in [-0.2, -0.15) is 0 Å². The Bertz CT molecular complexity index is 761. The van der Waals surface area contributed by atoms with Gasteiger partial charge in [0.25, 0.3) is 5.91 Å². The molecule has 1 aliphatic carbocycles. The van der Waals surface area contributed by atoms with Crippen LogP contribution in [0, 0.1) is 0 Å². The van der Waals surface area contributed by atoms with Crippen molar-refractivity contribution in [2.45, 2.75) is 63.5 Å². The van der Waals surface area contributed by atoms with Gasteiger partial charge in [0.2, 0.25) is 5.91 Å². The molecule has 29 heavy (non-hydrogen) atoms. The van der Waals surface area contributed by atoms with Gasteiger partial charge in [-0.25, -0.2) is 4.79 Å². The van der Waals surface area contributed by atoms with E-state index in [2.05, 4.69) is 11.4 Å². The molecule has 0 radical (unpaired) electrons. The van der Waals surface area contributed by atoms with Crippen molar-refractivity contribution < 1.29 is 23.5 Å². The number of nitrogens with zero attached hydrogens (tertiary/aromatic N) is 1. The number of esters is 1. The van der Waals surface area contributed by atoms with E-state index in [0.717, 1.165) is 19.3 Å². The first-order chi connectivity index (χ1) is 14.0. The van der Waals surface area contributed by atoms with E-state index in [-0.39, 0.29) is 17.2 Å². The van der Waals surface area contributed by atoms with Crippen LogP contribution in [0.2, 0.25) is 0 Å². The number of rotatable bonds is 7. The Hall–Kier alpha value is -2.22. The molecule has 7 nitrogen and oxygen atoms in total. The molecule has 0 spiro atoms. The van der Waals surface area contributed by atoms with Crippen molar-refractivity contribution in [1.29, 1.82) is 0 Å². The zero-order valence-electron chi connectivity index (χ0n) is 16.9. The molecule has 2 heterocycles. The van der Waals surface area contributed by atoms with Gasteiger partial charge in [-0.05, 0) is 51.2 Å². The zero-order valence-corrected chi connectivity index (χ0v) is 17.7. The fourth-order valence-electron chi connectivity index (χ4n) is 3.65. The van der Waals surface area contributed by atoms with Crippen LogP contribution in [0.1, 0.15) is 57.1 Å². The molecule has 0 aromatic carbocycles. The monoisotopic (exact) mass is 420 g/mol. The number of hydrogen-bond acceptors (Lipinski definition) is 6. The molecular weight excluding hydrogens is 392 g/mol. The molecule has 158 valence electrons. The summed E-state index contributed by atoms with van der Waals surface area (Å²) in [5, 5.41) is 2.47. The van der Waals surface area contributed by atoms with Crippen LogP contribution in [0.5, 0.6) is 0 Å². The van der Waals surface area contributed by atoms with E-state index in [1.54, 1.807) is 19.1 Å². The summed E-state index contributed by atoms with van der Waals surface area (Å²) < 4.78 is 10.8. The second-order valence-electron chi connectivity index (χ2n) is 7.37. The Kier molecular flexibility index (Phi) is 7.41.